The molecule has 0 aliphatic carbocycles. The number of carbonyl (C=O) groups excluding carboxylic acids is 3. The summed E-state index contributed by atoms with van der Waals surface area (Å²) in [4.78, 5) is 52.7. The van der Waals surface area contributed by atoms with Crippen LogP contribution in [0.4, 0.5) is 22.1 Å². The van der Waals surface area contributed by atoms with Gasteiger partial charge in [0.1, 0.15) is 11.6 Å². The third-order valence-corrected chi connectivity index (χ3v) is 12.0. The number of aryl methyl sites for hydroxylation is 2. The number of benzene rings is 3. The molecule has 4 heterocycles. The van der Waals surface area contributed by atoms with Gasteiger partial charge in [-0.1, -0.05) is 66.2 Å². The van der Waals surface area contributed by atoms with Crippen LogP contribution in [0.25, 0.3) is 21.8 Å². The number of urea groups is 1. The number of halogens is 1. The maximum atomic E-state index is 13.2. The molecular weight excluding hydrogens is 840 g/mol. The Labute approximate surface area is 365 Å². The van der Waals surface area contributed by atoms with Crippen LogP contribution in [0.1, 0.15) is 75.7 Å². The molecule has 15 nitrogen and oxygen atoms in total. The monoisotopic (exact) mass is 896 g/mol. The summed E-state index contributed by atoms with van der Waals surface area (Å²) in [6, 6.07) is 17.4. The number of hydrogen-bond donors (Lipinski definition) is 3. The van der Waals surface area contributed by atoms with E-state index in [-0.39, 0.29) is 37.4 Å². The lowest BCUT2D eigenvalue weighted by Crippen LogP contribution is -2.50. The molecule has 16 heteroatoms. The topological polar surface area (TPSA) is 159 Å². The highest BCUT2D eigenvalue weighted by Gasteiger charge is 2.29. The molecular formula is C45H57BrN10O5. The van der Waals surface area contributed by atoms with E-state index in [9.17, 15) is 14.4 Å². The molecule has 2 aromatic heterocycles. The molecule has 3 N–H and O–H groups in total. The van der Waals surface area contributed by atoms with Crippen LogP contribution in [0.3, 0.4) is 0 Å². The first-order valence-electron chi connectivity index (χ1n) is 21.4. The van der Waals surface area contributed by atoms with Crippen LogP contribution in [-0.4, -0.2) is 107 Å². The predicted molar refractivity (Wildman–Crippen MR) is 243 cm³/mol. The Kier molecular flexibility index (Phi) is 14.6. The average molecular weight is 898 g/mol. The average Bonchev–Trinajstić information content (AvgIpc) is 3.59. The van der Waals surface area contributed by atoms with E-state index in [0.29, 0.717) is 42.8 Å². The van der Waals surface area contributed by atoms with Crippen LogP contribution in [0, 0.1) is 6.92 Å². The van der Waals surface area contributed by atoms with E-state index < -0.39 is 6.03 Å². The highest BCUT2D eigenvalue weighted by atomic mass is 79.9. The van der Waals surface area contributed by atoms with E-state index >= 15 is 0 Å². The van der Waals surface area contributed by atoms with Crippen molar-refractivity contribution in [2.24, 2.45) is 7.05 Å². The number of methoxy groups -OCH3 is 1. The number of aromatic nitrogens is 4. The minimum Gasteiger partial charge on any atom is -0.493 e. The van der Waals surface area contributed by atoms with Crippen LogP contribution < -0.4 is 30.3 Å². The molecule has 2 aliphatic heterocycles. The predicted octanol–water partition coefficient (Wildman–Crippen LogP) is 7.58. The van der Waals surface area contributed by atoms with Crippen molar-refractivity contribution < 1.29 is 23.9 Å². The summed E-state index contributed by atoms with van der Waals surface area (Å²) < 4.78 is 14.7. The summed E-state index contributed by atoms with van der Waals surface area (Å²) in [7, 11) is 3.48. The first-order valence-corrected chi connectivity index (χ1v) is 22.2. The lowest BCUT2D eigenvalue weighted by atomic mass is 10.1. The number of imide groups is 1. The molecule has 0 spiro atoms. The first kappa shape index (κ1) is 43.6. The molecule has 2 saturated heterocycles. The van der Waals surface area contributed by atoms with Gasteiger partial charge in [0.25, 0.3) is 0 Å². The number of fused-ring (bicyclic) bond motifs is 2. The summed E-state index contributed by atoms with van der Waals surface area (Å²) in [6.45, 7) is 9.33. The van der Waals surface area contributed by atoms with Crippen molar-refractivity contribution in [3.05, 3.63) is 70.5 Å². The van der Waals surface area contributed by atoms with Crippen LogP contribution >= 0.6 is 15.9 Å². The Hall–Kier alpha value is -5.48. The second-order valence-electron chi connectivity index (χ2n) is 15.9. The standard InChI is InChI=1S/C45H57BrN10O5/c1-30(32-14-12-15-33(46)26-32)48-43-35-27-38(60-4)39(28-37(35)49-31(2)50-43)61-25-11-9-7-5-6-8-10-19-54-21-23-55(24-22-54)41(58)29-47-36-17-13-16-34-42(36)53(3)52-44(34)56-20-18-40(57)51-45(56)59/h12-17,26-28,30,47H,5-11,18-25,29H2,1-4H3,(H,48,49,50)(H,51,57,59)/t30-/m0/s1. The van der Waals surface area contributed by atoms with E-state index in [1.807, 2.05) is 61.3 Å². The van der Waals surface area contributed by atoms with Crippen LogP contribution in [0.15, 0.2) is 59.1 Å². The molecule has 0 radical (unpaired) electrons. The third-order valence-electron chi connectivity index (χ3n) is 11.5. The number of piperazine rings is 1. The first-order chi connectivity index (χ1) is 29.6. The molecule has 61 heavy (non-hydrogen) atoms. The van der Waals surface area contributed by atoms with E-state index in [2.05, 4.69) is 60.9 Å². The number of rotatable bonds is 19. The number of amides is 4. The molecule has 324 valence electrons. The van der Waals surface area contributed by atoms with Gasteiger partial charge in [-0.3, -0.25) is 29.4 Å². The van der Waals surface area contributed by atoms with Crippen LogP contribution in [0.2, 0.25) is 0 Å². The van der Waals surface area contributed by atoms with Gasteiger partial charge in [-0.15, -0.1) is 0 Å². The highest BCUT2D eigenvalue weighted by Crippen LogP contribution is 2.36. The molecule has 3 aromatic carbocycles. The summed E-state index contributed by atoms with van der Waals surface area (Å²) in [5, 5.41) is 15.5. The van der Waals surface area contributed by atoms with Gasteiger partial charge in [0.15, 0.2) is 17.3 Å². The Bertz CT molecular complexity index is 2350. The maximum absolute atomic E-state index is 13.2. The van der Waals surface area contributed by atoms with Gasteiger partial charge < -0.3 is 25.0 Å². The minimum atomic E-state index is -0.476. The number of unbranched alkanes of at least 4 members (excludes halogenated alkanes) is 6. The fourth-order valence-corrected chi connectivity index (χ4v) is 8.55. The van der Waals surface area contributed by atoms with Gasteiger partial charge in [-0.2, -0.15) is 5.10 Å². The lowest BCUT2D eigenvalue weighted by molar-refractivity contribution is -0.131. The van der Waals surface area contributed by atoms with Gasteiger partial charge in [0, 0.05) is 67.5 Å². The summed E-state index contributed by atoms with van der Waals surface area (Å²) in [5.74, 6) is 3.08. The van der Waals surface area contributed by atoms with Crippen molar-refractivity contribution >= 4 is 72.9 Å². The number of ether oxygens (including phenoxy) is 2. The summed E-state index contributed by atoms with van der Waals surface area (Å²) in [6.07, 6.45) is 8.28. The van der Waals surface area contributed by atoms with E-state index in [4.69, 9.17) is 19.4 Å². The number of para-hydroxylation sites is 1. The third kappa shape index (κ3) is 10.9. The number of nitrogens with zero attached hydrogens (tertiary/aromatic N) is 7. The molecule has 1 atom stereocenters. The smallest absolute Gasteiger partial charge is 0.329 e. The summed E-state index contributed by atoms with van der Waals surface area (Å²) >= 11 is 3.57. The Morgan fingerprint density at radius 3 is 2.41 bits per heavy atom. The van der Waals surface area contributed by atoms with Crippen molar-refractivity contribution in [1.82, 2.24) is 34.9 Å². The fourth-order valence-electron chi connectivity index (χ4n) is 8.13. The van der Waals surface area contributed by atoms with Crippen LogP contribution in [-0.2, 0) is 16.6 Å². The zero-order valence-electron chi connectivity index (χ0n) is 35.6. The number of carbonyl (C=O) groups is 3. The molecule has 0 bridgehead atoms. The van der Waals surface area contributed by atoms with Crippen molar-refractivity contribution in [2.45, 2.75) is 71.3 Å². The SMILES string of the molecule is COc1cc2c(N[C@@H](C)c3cccc(Br)c3)nc(C)nc2cc1OCCCCCCCCCN1CCN(C(=O)CNc2cccc3c(N4CCC(=O)NC4=O)nn(C)c23)CC1. The second-order valence-corrected chi connectivity index (χ2v) is 16.8. The van der Waals surface area contributed by atoms with Gasteiger partial charge >= 0.3 is 6.03 Å². The van der Waals surface area contributed by atoms with Gasteiger partial charge in [0.05, 0.1) is 43.0 Å². The molecule has 0 unspecified atom stereocenters. The van der Waals surface area contributed by atoms with Crippen LogP contribution in [0.5, 0.6) is 11.5 Å². The molecule has 5 aromatic rings. The normalized spacial score (nSPS) is 15.3. The zero-order chi connectivity index (χ0) is 42.9. The van der Waals surface area contributed by atoms with Gasteiger partial charge in [0.2, 0.25) is 11.8 Å². The van der Waals surface area contributed by atoms with E-state index in [0.717, 1.165) is 82.2 Å². The molecule has 4 amide bonds. The minimum absolute atomic E-state index is 0.0426. The van der Waals surface area contributed by atoms with E-state index in [1.165, 1.54) is 30.6 Å². The molecule has 2 fully saturated rings. The zero-order valence-corrected chi connectivity index (χ0v) is 37.2. The van der Waals surface area contributed by atoms with Crippen molar-refractivity contribution in [3.63, 3.8) is 0 Å². The summed E-state index contributed by atoms with van der Waals surface area (Å²) in [5.41, 5.74) is 3.53. The Morgan fingerprint density at radius 2 is 1.66 bits per heavy atom. The highest BCUT2D eigenvalue weighted by molar-refractivity contribution is 9.10. The number of nitrogens with one attached hydrogen (secondary N) is 3. The van der Waals surface area contributed by atoms with Crippen molar-refractivity contribution in [2.75, 3.05) is 75.1 Å². The van der Waals surface area contributed by atoms with Gasteiger partial charge in [-0.25, -0.2) is 14.8 Å². The second kappa shape index (κ2) is 20.4. The Balaban J connectivity index is 0.768. The quantitative estimate of drug-likeness (QED) is 0.0702. The largest absolute Gasteiger partial charge is 0.493 e. The van der Waals surface area contributed by atoms with Gasteiger partial charge in [-0.05, 0) is 69.1 Å². The molecule has 7 rings (SSSR count). The number of hydrogen-bond acceptors (Lipinski definition) is 11. The maximum Gasteiger partial charge on any atom is 0.329 e. The van der Waals surface area contributed by atoms with Crippen molar-refractivity contribution in [1.29, 1.82) is 0 Å². The fraction of sp³-hybridized carbons (Fsp3) is 0.467. The molecule has 2 aliphatic rings. The lowest BCUT2D eigenvalue weighted by Gasteiger charge is -2.34. The van der Waals surface area contributed by atoms with E-state index in [1.54, 1.807) is 11.8 Å². The molecule has 0 saturated carbocycles. The number of anilines is 3. The van der Waals surface area contributed by atoms with Crippen molar-refractivity contribution in [3.8, 4) is 11.5 Å². The Morgan fingerprint density at radius 1 is 0.902 bits per heavy atom.